The van der Waals surface area contributed by atoms with Gasteiger partial charge in [0.2, 0.25) is 0 Å². The lowest BCUT2D eigenvalue weighted by Crippen LogP contribution is -2.24. The number of methoxy groups -OCH3 is 1. The Kier molecular flexibility index (Phi) is 4.30. The van der Waals surface area contributed by atoms with Crippen LogP contribution < -0.4 is 0 Å². The van der Waals surface area contributed by atoms with Crippen LogP contribution in [-0.4, -0.2) is 12.2 Å². The van der Waals surface area contributed by atoms with Gasteiger partial charge < -0.3 is 4.74 Å². The molecule has 0 aliphatic carbocycles. The Morgan fingerprint density at radius 3 is 2.10 bits per heavy atom. The molecule has 0 heterocycles. The van der Waals surface area contributed by atoms with Gasteiger partial charge in [-0.2, -0.15) is 0 Å². The molecule has 0 saturated carbocycles. The summed E-state index contributed by atoms with van der Waals surface area (Å²) in [5, 5.41) is -0.422. The van der Waals surface area contributed by atoms with E-state index in [-0.39, 0.29) is 0 Å². The van der Waals surface area contributed by atoms with Gasteiger partial charge >= 0.3 is 0 Å². The van der Waals surface area contributed by atoms with E-state index in [2.05, 4.69) is 13.8 Å². The van der Waals surface area contributed by atoms with E-state index in [1.54, 1.807) is 7.11 Å². The van der Waals surface area contributed by atoms with Gasteiger partial charge in [-0.1, -0.05) is 32.4 Å². The van der Waals surface area contributed by atoms with Gasteiger partial charge in [-0.25, -0.2) is 0 Å². The third kappa shape index (κ3) is 3.43. The Balaban J connectivity index is 3.80. The zero-order valence-corrected chi connectivity index (χ0v) is 8.03. The highest BCUT2D eigenvalue weighted by Crippen LogP contribution is 2.28. The quantitative estimate of drug-likeness (QED) is 0.581. The average Bonchev–Trinajstić information content (AvgIpc) is 1.87. The lowest BCUT2D eigenvalue weighted by molar-refractivity contribution is 0.0429. The maximum absolute atomic E-state index is 6.08. The van der Waals surface area contributed by atoms with Gasteiger partial charge in [0.1, 0.15) is 5.06 Å². The van der Waals surface area contributed by atoms with Crippen molar-refractivity contribution in [3.8, 4) is 0 Å². The van der Waals surface area contributed by atoms with Gasteiger partial charge in [0.05, 0.1) is 0 Å². The van der Waals surface area contributed by atoms with Gasteiger partial charge in [-0.3, -0.25) is 0 Å². The molecular weight excluding hydrogens is 148 g/mol. The van der Waals surface area contributed by atoms with Crippen LogP contribution >= 0.6 is 11.6 Å². The first-order valence-corrected chi connectivity index (χ1v) is 4.16. The number of rotatable bonds is 4. The fourth-order valence-corrected chi connectivity index (χ4v) is 1.29. The first-order valence-electron chi connectivity index (χ1n) is 3.78. The minimum Gasteiger partial charge on any atom is -0.363 e. The van der Waals surface area contributed by atoms with E-state index in [4.69, 9.17) is 16.3 Å². The van der Waals surface area contributed by atoms with Crippen molar-refractivity contribution < 1.29 is 4.74 Å². The van der Waals surface area contributed by atoms with Crippen molar-refractivity contribution in [3.63, 3.8) is 0 Å². The number of alkyl halides is 1. The smallest absolute Gasteiger partial charge is 0.141 e. The zero-order chi connectivity index (χ0) is 8.20. The summed E-state index contributed by atoms with van der Waals surface area (Å²) in [5.74, 6) is 0.595. The molecule has 0 saturated heterocycles. The van der Waals surface area contributed by atoms with Crippen molar-refractivity contribution in [1.29, 1.82) is 0 Å². The summed E-state index contributed by atoms with van der Waals surface area (Å²) < 4.78 is 5.16. The van der Waals surface area contributed by atoms with E-state index < -0.39 is 5.06 Å². The van der Waals surface area contributed by atoms with Crippen LogP contribution in [0.25, 0.3) is 0 Å². The van der Waals surface area contributed by atoms with E-state index in [1.165, 1.54) is 0 Å². The molecule has 0 fully saturated rings. The molecular formula is C8H17ClO. The third-order valence-electron chi connectivity index (χ3n) is 1.61. The normalized spacial score (nSPS) is 17.4. The summed E-state index contributed by atoms with van der Waals surface area (Å²) in [6.07, 6.45) is 1.78. The second-order valence-electron chi connectivity index (χ2n) is 3.04. The van der Waals surface area contributed by atoms with E-state index >= 15 is 0 Å². The minimum absolute atomic E-state index is 0.422. The highest BCUT2D eigenvalue weighted by Gasteiger charge is 2.24. The number of ether oxygens (including phenoxy) is 1. The molecule has 0 aliphatic heterocycles. The van der Waals surface area contributed by atoms with E-state index in [0.29, 0.717) is 5.92 Å². The molecule has 0 unspecified atom stereocenters. The predicted molar refractivity (Wildman–Crippen MR) is 45.3 cm³/mol. The zero-order valence-electron chi connectivity index (χ0n) is 7.28. The fraction of sp³-hybridized carbons (Fsp3) is 1.00. The Hall–Kier alpha value is 0.250. The predicted octanol–water partition coefficient (Wildman–Crippen LogP) is 3.02. The molecule has 0 rings (SSSR count). The molecule has 62 valence electrons. The van der Waals surface area contributed by atoms with Crippen LogP contribution in [0.1, 0.15) is 33.6 Å². The van der Waals surface area contributed by atoms with Crippen LogP contribution in [0, 0.1) is 5.92 Å². The molecule has 0 aliphatic rings. The third-order valence-corrected chi connectivity index (χ3v) is 2.18. The lowest BCUT2D eigenvalue weighted by Gasteiger charge is -2.25. The summed E-state index contributed by atoms with van der Waals surface area (Å²) in [4.78, 5) is 0. The summed E-state index contributed by atoms with van der Waals surface area (Å²) in [6, 6.07) is 0. The number of halogens is 1. The first-order chi connectivity index (χ1) is 4.54. The van der Waals surface area contributed by atoms with Gasteiger partial charge in [0.15, 0.2) is 0 Å². The molecule has 2 heteroatoms. The van der Waals surface area contributed by atoms with Gasteiger partial charge in [-0.15, -0.1) is 0 Å². The maximum atomic E-state index is 6.08. The summed E-state index contributed by atoms with van der Waals surface area (Å²) in [5.41, 5.74) is 0. The van der Waals surface area contributed by atoms with Crippen molar-refractivity contribution in [2.45, 2.75) is 38.7 Å². The molecule has 0 N–H and O–H groups in total. The molecule has 1 nitrogen and oxygen atoms in total. The van der Waals surface area contributed by atoms with Crippen molar-refractivity contribution in [1.82, 2.24) is 0 Å². The van der Waals surface area contributed by atoms with Crippen molar-refractivity contribution >= 4 is 11.6 Å². The average molecular weight is 165 g/mol. The van der Waals surface area contributed by atoms with Crippen molar-refractivity contribution in [2.75, 3.05) is 7.11 Å². The highest BCUT2D eigenvalue weighted by molar-refractivity contribution is 6.22. The topological polar surface area (TPSA) is 9.23 Å². The Bertz CT molecular complexity index is 87.3. The summed E-state index contributed by atoms with van der Waals surface area (Å²) in [7, 11) is 1.67. The van der Waals surface area contributed by atoms with Gasteiger partial charge in [0, 0.05) is 7.11 Å². The maximum Gasteiger partial charge on any atom is 0.141 e. The van der Waals surface area contributed by atoms with Crippen molar-refractivity contribution in [2.24, 2.45) is 5.92 Å². The van der Waals surface area contributed by atoms with Crippen LogP contribution in [-0.2, 0) is 4.74 Å². The number of hydrogen-bond acceptors (Lipinski definition) is 1. The summed E-state index contributed by atoms with van der Waals surface area (Å²) >= 11 is 6.08. The van der Waals surface area contributed by atoms with Crippen LogP contribution in [0.15, 0.2) is 0 Å². The van der Waals surface area contributed by atoms with Crippen LogP contribution in [0.4, 0.5) is 0 Å². The molecule has 0 spiro atoms. The fourth-order valence-electron chi connectivity index (χ4n) is 0.982. The van der Waals surface area contributed by atoms with Crippen LogP contribution in [0.2, 0.25) is 0 Å². The molecule has 10 heavy (non-hydrogen) atoms. The second kappa shape index (κ2) is 4.20. The van der Waals surface area contributed by atoms with Crippen LogP contribution in [0.3, 0.4) is 0 Å². The molecule has 0 aromatic carbocycles. The van der Waals surface area contributed by atoms with Gasteiger partial charge in [-0.05, 0) is 18.8 Å². The summed E-state index contributed by atoms with van der Waals surface area (Å²) in [6.45, 7) is 6.33. The minimum atomic E-state index is -0.422. The molecule has 1 atom stereocenters. The molecule has 0 radical (unpaired) electrons. The van der Waals surface area contributed by atoms with Crippen molar-refractivity contribution in [3.05, 3.63) is 0 Å². The Labute approximate surface area is 68.7 Å². The standard InChI is InChI=1S/C8H17ClO/c1-5-8(9,10-4)6-7(2)3/h7H,5-6H2,1-4H3/t8-/m1/s1. The van der Waals surface area contributed by atoms with Gasteiger partial charge in [0.25, 0.3) is 0 Å². The second-order valence-corrected chi connectivity index (χ2v) is 3.73. The highest BCUT2D eigenvalue weighted by atomic mass is 35.5. The first kappa shape index (κ1) is 10.2. The monoisotopic (exact) mass is 164 g/mol. The SMILES string of the molecule is CC[C@](Cl)(CC(C)C)OC. The molecule has 0 aromatic rings. The lowest BCUT2D eigenvalue weighted by atomic mass is 10.0. The molecule has 0 amide bonds. The van der Waals surface area contributed by atoms with Crippen LogP contribution in [0.5, 0.6) is 0 Å². The van der Waals surface area contributed by atoms with E-state index in [0.717, 1.165) is 12.8 Å². The number of hydrogen-bond donors (Lipinski definition) is 0. The Morgan fingerprint density at radius 2 is 2.00 bits per heavy atom. The van der Waals surface area contributed by atoms with E-state index in [1.807, 2.05) is 6.92 Å². The Morgan fingerprint density at radius 1 is 1.50 bits per heavy atom. The molecule has 0 bridgehead atoms. The largest absolute Gasteiger partial charge is 0.363 e. The van der Waals surface area contributed by atoms with E-state index in [9.17, 15) is 0 Å². The molecule has 0 aromatic heterocycles.